The molecule has 0 amide bonds. The van der Waals surface area contributed by atoms with Crippen LogP contribution >= 0.6 is 0 Å². The van der Waals surface area contributed by atoms with Crippen molar-refractivity contribution >= 4 is 24.3 Å². The van der Waals surface area contributed by atoms with E-state index in [1.807, 2.05) is 66.7 Å². The van der Waals surface area contributed by atoms with E-state index in [2.05, 4.69) is 70.6 Å². The zero-order valence-electron chi connectivity index (χ0n) is 21.6. The molecule has 0 bridgehead atoms. The van der Waals surface area contributed by atoms with Gasteiger partial charge in [0, 0.05) is 6.20 Å². The Morgan fingerprint density at radius 1 is 0.561 bits per heavy atom. The van der Waals surface area contributed by atoms with Crippen molar-refractivity contribution in [3.05, 3.63) is 140 Å². The standard InChI is InChI=1S/C35H21N3OSe.Pt/c1-2-13-34-33(12-1)38-35(40-34)25-16-14-24(15-17-25)27-20-28(32-11-4-6-19-37-32)23-30(22-27)39-29-9-7-8-26(21-29)31-10-3-5-18-36-31;/h1-20,22H;/q-2;+2. The predicted octanol–water partition coefficient (Wildman–Crippen LogP) is 8.14. The van der Waals surface area contributed by atoms with Gasteiger partial charge in [-0.2, -0.15) is 0 Å². The number of fused-ring (bicyclic) bond motifs is 1. The van der Waals surface area contributed by atoms with Crippen LogP contribution in [0.15, 0.2) is 128 Å². The third-order valence-corrected chi connectivity index (χ3v) is 8.75. The molecule has 7 aromatic rings. The summed E-state index contributed by atoms with van der Waals surface area (Å²) in [6, 6.07) is 45.4. The maximum atomic E-state index is 6.32. The van der Waals surface area contributed by atoms with Crippen molar-refractivity contribution < 1.29 is 25.8 Å². The van der Waals surface area contributed by atoms with Crippen LogP contribution in [0.4, 0.5) is 0 Å². The summed E-state index contributed by atoms with van der Waals surface area (Å²) >= 11 is 0.216. The van der Waals surface area contributed by atoms with Gasteiger partial charge < -0.3 is 4.98 Å². The third-order valence-electron chi connectivity index (χ3n) is 6.47. The van der Waals surface area contributed by atoms with Gasteiger partial charge in [-0.25, -0.2) is 0 Å². The minimum absolute atomic E-state index is 0. The fourth-order valence-corrected chi connectivity index (χ4v) is 6.56. The number of aromatic nitrogens is 3. The number of nitrogens with zero attached hydrogens (tertiary/aromatic N) is 3. The monoisotopic (exact) mass is 774 g/mol. The molecular formula is C35H21N3OPtSe. The van der Waals surface area contributed by atoms with Crippen LogP contribution in [0.25, 0.3) is 53.5 Å². The summed E-state index contributed by atoms with van der Waals surface area (Å²) in [5.74, 6) is 1.19. The van der Waals surface area contributed by atoms with Crippen molar-refractivity contribution in [3.63, 3.8) is 0 Å². The summed E-state index contributed by atoms with van der Waals surface area (Å²) in [5.41, 5.74) is 7.74. The molecule has 0 N–H and O–H groups in total. The zero-order valence-corrected chi connectivity index (χ0v) is 25.6. The predicted molar refractivity (Wildman–Crippen MR) is 160 cm³/mol. The fourth-order valence-electron chi connectivity index (χ4n) is 4.52. The van der Waals surface area contributed by atoms with Gasteiger partial charge in [0.2, 0.25) is 0 Å². The second kappa shape index (κ2) is 12.2. The van der Waals surface area contributed by atoms with E-state index in [1.165, 1.54) is 4.26 Å². The van der Waals surface area contributed by atoms with Crippen LogP contribution in [0.2, 0.25) is 0 Å². The van der Waals surface area contributed by atoms with Gasteiger partial charge in [-0.05, 0) is 11.8 Å². The first-order valence-corrected chi connectivity index (χ1v) is 14.6. The van der Waals surface area contributed by atoms with E-state index in [1.54, 1.807) is 12.4 Å². The first kappa shape index (κ1) is 27.0. The molecule has 0 atom stereocenters. The van der Waals surface area contributed by atoms with E-state index in [9.17, 15) is 0 Å². The van der Waals surface area contributed by atoms with Crippen LogP contribution in [0, 0.1) is 12.1 Å². The summed E-state index contributed by atoms with van der Waals surface area (Å²) in [6.45, 7) is 0. The third kappa shape index (κ3) is 5.99. The molecule has 198 valence electrons. The van der Waals surface area contributed by atoms with Gasteiger partial charge in [0.1, 0.15) is 0 Å². The Labute approximate surface area is 258 Å². The number of hydrogen-bond acceptors (Lipinski definition) is 4. The Hall–Kier alpha value is -4.14. The molecule has 7 rings (SSSR count). The first-order valence-electron chi connectivity index (χ1n) is 12.9. The van der Waals surface area contributed by atoms with E-state index >= 15 is 0 Å². The van der Waals surface area contributed by atoms with E-state index in [-0.39, 0.29) is 35.6 Å². The summed E-state index contributed by atoms with van der Waals surface area (Å²) in [4.78, 5) is 13.9. The molecule has 0 saturated heterocycles. The molecule has 3 heterocycles. The van der Waals surface area contributed by atoms with Gasteiger partial charge in [0.25, 0.3) is 0 Å². The summed E-state index contributed by atoms with van der Waals surface area (Å²) < 4.78 is 8.81. The average molecular weight is 774 g/mol. The molecule has 0 unspecified atom stereocenters. The molecule has 0 radical (unpaired) electrons. The number of pyridine rings is 2. The minimum Gasteiger partial charge on any atom is -0.305 e. The Bertz CT molecular complexity index is 1890. The number of hydrogen-bond donors (Lipinski definition) is 0. The van der Waals surface area contributed by atoms with Gasteiger partial charge in [-0.15, -0.1) is 6.07 Å². The molecule has 6 heteroatoms. The van der Waals surface area contributed by atoms with Crippen molar-refractivity contribution in [2.45, 2.75) is 0 Å². The van der Waals surface area contributed by atoms with Gasteiger partial charge in [0.15, 0.2) is 0 Å². The Morgan fingerprint density at radius 3 is 1.98 bits per heavy atom. The van der Waals surface area contributed by atoms with Crippen molar-refractivity contribution in [1.29, 1.82) is 0 Å². The fraction of sp³-hybridized carbons (Fsp3) is 0. The van der Waals surface area contributed by atoms with Gasteiger partial charge in [0.05, 0.1) is 0 Å². The quantitative estimate of drug-likeness (QED) is 0.127. The molecular weight excluding hydrogens is 752 g/mol. The van der Waals surface area contributed by atoms with Crippen LogP contribution in [0.1, 0.15) is 0 Å². The summed E-state index contributed by atoms with van der Waals surface area (Å²) in [7, 11) is 0. The van der Waals surface area contributed by atoms with Crippen molar-refractivity contribution in [2.24, 2.45) is 0 Å². The van der Waals surface area contributed by atoms with Crippen LogP contribution < -0.4 is 4.74 Å². The Kier molecular flexibility index (Phi) is 8.02. The molecule has 0 fully saturated rings. The second-order valence-electron chi connectivity index (χ2n) is 9.17. The number of rotatable bonds is 6. The molecule has 41 heavy (non-hydrogen) atoms. The van der Waals surface area contributed by atoms with Crippen LogP contribution in [-0.4, -0.2) is 29.5 Å². The molecule has 4 aromatic carbocycles. The van der Waals surface area contributed by atoms with E-state index < -0.39 is 0 Å². The van der Waals surface area contributed by atoms with Crippen molar-refractivity contribution in [3.8, 4) is 55.3 Å². The minimum atomic E-state index is 0. The normalized spacial score (nSPS) is 10.7. The number of para-hydroxylation sites is 1. The van der Waals surface area contributed by atoms with Gasteiger partial charge in [-0.1, -0.05) is 12.1 Å². The second-order valence-corrected chi connectivity index (χ2v) is 11.3. The van der Waals surface area contributed by atoms with E-state index in [0.29, 0.717) is 11.5 Å². The average Bonchev–Trinajstić information content (AvgIpc) is 3.47. The maximum absolute atomic E-state index is 6.32. The van der Waals surface area contributed by atoms with E-state index in [0.717, 1.165) is 49.3 Å². The molecule has 0 spiro atoms. The van der Waals surface area contributed by atoms with Crippen LogP contribution in [-0.2, 0) is 21.1 Å². The molecule has 0 aliphatic rings. The van der Waals surface area contributed by atoms with Crippen molar-refractivity contribution in [1.82, 2.24) is 15.0 Å². The first-order chi connectivity index (χ1) is 19.8. The van der Waals surface area contributed by atoms with Gasteiger partial charge >= 0.3 is 219 Å². The summed E-state index contributed by atoms with van der Waals surface area (Å²) in [6.07, 6.45) is 3.56. The molecule has 3 aromatic heterocycles. The number of benzene rings is 4. The topological polar surface area (TPSA) is 47.9 Å². The Balaban J connectivity index is 0.00000302. The summed E-state index contributed by atoms with van der Waals surface area (Å²) in [5, 5.41) is 0. The molecule has 0 saturated carbocycles. The van der Waals surface area contributed by atoms with Crippen LogP contribution in [0.3, 0.4) is 0 Å². The Morgan fingerprint density at radius 2 is 1.24 bits per heavy atom. The van der Waals surface area contributed by atoms with Crippen molar-refractivity contribution in [2.75, 3.05) is 0 Å². The molecule has 0 aliphatic heterocycles. The zero-order chi connectivity index (χ0) is 26.7. The van der Waals surface area contributed by atoms with Crippen LogP contribution in [0.5, 0.6) is 11.5 Å². The molecule has 4 nitrogen and oxygen atoms in total. The number of ether oxygens (including phenoxy) is 1. The van der Waals surface area contributed by atoms with E-state index in [4.69, 9.17) is 9.72 Å². The molecule has 0 aliphatic carbocycles. The smallest absolute Gasteiger partial charge is 0.305 e. The van der Waals surface area contributed by atoms with Gasteiger partial charge in [-0.3, -0.25) is 0 Å². The SMILES string of the molecule is [Pt+2].[c-]1c(Oc2[c-]c(-c3ccccn3)cc(-c3ccc(-c4nc5ccccc5[se]4)cc3)c2)cccc1-c1ccccn1.